The van der Waals surface area contributed by atoms with Crippen molar-refractivity contribution in [1.82, 2.24) is 15.3 Å². The Kier molecular flexibility index (Phi) is 3.10. The van der Waals surface area contributed by atoms with Gasteiger partial charge in [0, 0.05) is 13.2 Å². The number of rotatable bonds is 3. The summed E-state index contributed by atoms with van der Waals surface area (Å²) in [5.41, 5.74) is 1.50. The average molecular weight is 275 g/mol. The van der Waals surface area contributed by atoms with Crippen LogP contribution in [-0.2, 0) is 16.1 Å². The molecule has 3 rings (SSSR count). The van der Waals surface area contributed by atoms with Crippen LogP contribution in [0.3, 0.4) is 0 Å². The fraction of sp³-hybridized carbons (Fsp3) is 0.429. The minimum Gasteiger partial charge on any atom is -0.365 e. The summed E-state index contributed by atoms with van der Waals surface area (Å²) in [7, 11) is 0. The Morgan fingerprint density at radius 1 is 1.40 bits per heavy atom. The molecular formula is C14H17N3O3. The molecule has 0 aliphatic carbocycles. The van der Waals surface area contributed by atoms with E-state index < -0.39 is 5.60 Å². The molecule has 1 fully saturated rings. The van der Waals surface area contributed by atoms with Gasteiger partial charge in [0.05, 0.1) is 11.0 Å². The SMILES string of the molecule is C[C@@]1(C(=O)NCc2ccc3[nH]c(=O)[nH]c3c2)CCCO1. The predicted octanol–water partition coefficient (Wildman–Crippen LogP) is 1.04. The molecule has 3 N–H and O–H groups in total. The minimum atomic E-state index is -0.702. The number of carbonyl (C=O) groups excluding carboxylic acids is 1. The zero-order valence-corrected chi connectivity index (χ0v) is 11.3. The number of aromatic nitrogens is 2. The van der Waals surface area contributed by atoms with Crippen molar-refractivity contribution < 1.29 is 9.53 Å². The van der Waals surface area contributed by atoms with Gasteiger partial charge in [0.1, 0.15) is 5.60 Å². The van der Waals surface area contributed by atoms with Crippen molar-refractivity contribution in [2.45, 2.75) is 31.9 Å². The van der Waals surface area contributed by atoms with Gasteiger partial charge < -0.3 is 20.0 Å². The fourth-order valence-corrected chi connectivity index (χ4v) is 2.52. The van der Waals surface area contributed by atoms with Crippen LogP contribution in [0.15, 0.2) is 23.0 Å². The quantitative estimate of drug-likeness (QED) is 0.782. The van der Waals surface area contributed by atoms with E-state index in [1.807, 2.05) is 25.1 Å². The molecule has 106 valence electrons. The Labute approximate surface area is 115 Å². The highest BCUT2D eigenvalue weighted by atomic mass is 16.5. The van der Waals surface area contributed by atoms with Crippen LogP contribution in [0.2, 0.25) is 0 Å². The third-order valence-corrected chi connectivity index (χ3v) is 3.73. The lowest BCUT2D eigenvalue weighted by Gasteiger charge is -2.21. The van der Waals surface area contributed by atoms with E-state index >= 15 is 0 Å². The number of hydrogen-bond acceptors (Lipinski definition) is 3. The standard InChI is InChI=1S/C14H17N3O3/c1-14(5-2-6-20-14)12(18)15-8-9-3-4-10-11(7-9)17-13(19)16-10/h3-4,7H,2,5-6,8H2,1H3,(H,15,18)(H2,16,17,19)/t14-/m0/s1. The Morgan fingerprint density at radius 3 is 2.95 bits per heavy atom. The Balaban J connectivity index is 1.70. The number of carbonyl (C=O) groups is 1. The smallest absolute Gasteiger partial charge is 0.323 e. The summed E-state index contributed by atoms with van der Waals surface area (Å²) in [6, 6.07) is 5.55. The Morgan fingerprint density at radius 2 is 2.20 bits per heavy atom. The van der Waals surface area contributed by atoms with Gasteiger partial charge in [0.25, 0.3) is 5.91 Å². The summed E-state index contributed by atoms with van der Waals surface area (Å²) >= 11 is 0. The second-order valence-corrected chi connectivity index (χ2v) is 5.32. The van der Waals surface area contributed by atoms with E-state index in [-0.39, 0.29) is 11.6 Å². The first kappa shape index (κ1) is 12.9. The number of ether oxygens (including phenoxy) is 1. The van der Waals surface area contributed by atoms with Gasteiger partial charge in [-0.05, 0) is 37.5 Å². The van der Waals surface area contributed by atoms with E-state index in [1.54, 1.807) is 0 Å². The lowest BCUT2D eigenvalue weighted by molar-refractivity contribution is -0.139. The number of H-pyrrole nitrogens is 2. The van der Waals surface area contributed by atoms with Crippen LogP contribution in [0, 0.1) is 0 Å². The van der Waals surface area contributed by atoms with Crippen LogP contribution in [0.25, 0.3) is 11.0 Å². The second kappa shape index (κ2) is 4.79. The predicted molar refractivity (Wildman–Crippen MR) is 74.4 cm³/mol. The zero-order chi connectivity index (χ0) is 14.2. The highest BCUT2D eigenvalue weighted by Gasteiger charge is 2.37. The van der Waals surface area contributed by atoms with Gasteiger partial charge in [-0.25, -0.2) is 4.79 Å². The van der Waals surface area contributed by atoms with Crippen LogP contribution < -0.4 is 11.0 Å². The van der Waals surface area contributed by atoms with Crippen molar-refractivity contribution in [2.24, 2.45) is 0 Å². The van der Waals surface area contributed by atoms with Crippen LogP contribution in [0.5, 0.6) is 0 Å². The summed E-state index contributed by atoms with van der Waals surface area (Å²) in [5, 5.41) is 2.89. The van der Waals surface area contributed by atoms with Gasteiger partial charge >= 0.3 is 5.69 Å². The summed E-state index contributed by atoms with van der Waals surface area (Å²) in [5.74, 6) is -0.0855. The van der Waals surface area contributed by atoms with E-state index in [4.69, 9.17) is 4.74 Å². The number of amides is 1. The molecule has 6 heteroatoms. The lowest BCUT2D eigenvalue weighted by Crippen LogP contribution is -2.43. The highest BCUT2D eigenvalue weighted by Crippen LogP contribution is 2.25. The van der Waals surface area contributed by atoms with Gasteiger partial charge in [0.2, 0.25) is 0 Å². The highest BCUT2D eigenvalue weighted by molar-refractivity contribution is 5.85. The molecule has 0 bridgehead atoms. The molecule has 1 aromatic heterocycles. The molecule has 1 amide bonds. The molecule has 1 aliphatic heterocycles. The number of fused-ring (bicyclic) bond motifs is 1. The van der Waals surface area contributed by atoms with Gasteiger partial charge in [-0.1, -0.05) is 6.07 Å². The number of nitrogens with one attached hydrogen (secondary N) is 3. The number of imidazole rings is 1. The summed E-state index contributed by atoms with van der Waals surface area (Å²) in [6.45, 7) is 2.88. The number of benzene rings is 1. The minimum absolute atomic E-state index is 0.0855. The molecule has 2 heterocycles. The maximum absolute atomic E-state index is 12.1. The van der Waals surface area contributed by atoms with Gasteiger partial charge in [-0.3, -0.25) is 4.79 Å². The van der Waals surface area contributed by atoms with Crippen molar-refractivity contribution >= 4 is 16.9 Å². The normalized spacial score (nSPS) is 22.2. The molecule has 1 saturated heterocycles. The molecule has 1 aliphatic rings. The first-order valence-corrected chi connectivity index (χ1v) is 6.70. The van der Waals surface area contributed by atoms with E-state index in [1.165, 1.54) is 0 Å². The Hall–Kier alpha value is -2.08. The second-order valence-electron chi connectivity index (χ2n) is 5.32. The van der Waals surface area contributed by atoms with Crippen molar-refractivity contribution in [1.29, 1.82) is 0 Å². The molecule has 1 aromatic carbocycles. The molecule has 0 radical (unpaired) electrons. The van der Waals surface area contributed by atoms with Crippen LogP contribution >= 0.6 is 0 Å². The number of hydrogen-bond donors (Lipinski definition) is 3. The Bertz CT molecular complexity index is 695. The molecule has 0 saturated carbocycles. The van der Waals surface area contributed by atoms with Crippen LogP contribution in [-0.4, -0.2) is 28.1 Å². The van der Waals surface area contributed by atoms with Gasteiger partial charge in [0.15, 0.2) is 0 Å². The molecule has 0 spiro atoms. The average Bonchev–Trinajstić information content (AvgIpc) is 3.01. The van der Waals surface area contributed by atoms with Crippen LogP contribution in [0.1, 0.15) is 25.3 Å². The van der Waals surface area contributed by atoms with E-state index in [2.05, 4.69) is 15.3 Å². The third-order valence-electron chi connectivity index (χ3n) is 3.73. The van der Waals surface area contributed by atoms with E-state index in [0.29, 0.717) is 13.2 Å². The largest absolute Gasteiger partial charge is 0.365 e. The first-order chi connectivity index (χ1) is 9.57. The summed E-state index contributed by atoms with van der Waals surface area (Å²) in [6.07, 6.45) is 1.67. The molecule has 0 unspecified atom stereocenters. The van der Waals surface area contributed by atoms with Crippen molar-refractivity contribution in [3.63, 3.8) is 0 Å². The maximum atomic E-state index is 12.1. The summed E-state index contributed by atoms with van der Waals surface area (Å²) in [4.78, 5) is 28.7. The molecule has 20 heavy (non-hydrogen) atoms. The monoisotopic (exact) mass is 275 g/mol. The first-order valence-electron chi connectivity index (χ1n) is 6.70. The molecule has 6 nitrogen and oxygen atoms in total. The lowest BCUT2D eigenvalue weighted by atomic mass is 10.0. The third kappa shape index (κ3) is 2.34. The summed E-state index contributed by atoms with van der Waals surface area (Å²) < 4.78 is 5.50. The topological polar surface area (TPSA) is 87.0 Å². The van der Waals surface area contributed by atoms with Crippen LogP contribution in [0.4, 0.5) is 0 Å². The molecule has 2 aromatic rings. The van der Waals surface area contributed by atoms with Crippen molar-refractivity contribution in [3.8, 4) is 0 Å². The molecule has 1 atom stereocenters. The molecular weight excluding hydrogens is 258 g/mol. The van der Waals surface area contributed by atoms with E-state index in [9.17, 15) is 9.59 Å². The van der Waals surface area contributed by atoms with Gasteiger partial charge in [-0.2, -0.15) is 0 Å². The zero-order valence-electron chi connectivity index (χ0n) is 11.3. The van der Waals surface area contributed by atoms with Gasteiger partial charge in [-0.15, -0.1) is 0 Å². The maximum Gasteiger partial charge on any atom is 0.323 e. The van der Waals surface area contributed by atoms with Crippen molar-refractivity contribution in [3.05, 3.63) is 34.2 Å². The number of aromatic amines is 2. The van der Waals surface area contributed by atoms with E-state index in [0.717, 1.165) is 29.4 Å². The van der Waals surface area contributed by atoms with Crippen molar-refractivity contribution in [2.75, 3.05) is 6.61 Å². The fourth-order valence-electron chi connectivity index (χ4n) is 2.52.